The van der Waals surface area contributed by atoms with Crippen molar-refractivity contribution in [1.29, 1.82) is 0 Å². The van der Waals surface area contributed by atoms with Gasteiger partial charge in [0.15, 0.2) is 0 Å². The van der Waals surface area contributed by atoms with Gasteiger partial charge in [0.05, 0.1) is 0 Å². The van der Waals surface area contributed by atoms with Crippen molar-refractivity contribution < 1.29 is 18.3 Å². The summed E-state index contributed by atoms with van der Waals surface area (Å²) in [6.45, 7) is 4.17. The van der Waals surface area contributed by atoms with Gasteiger partial charge in [0.25, 0.3) is 0 Å². The lowest BCUT2D eigenvalue weighted by Gasteiger charge is -2.24. The molecular weight excluding hydrogens is 292 g/mol. The minimum atomic E-state index is -3.64. The molecule has 1 aromatic heterocycles. The number of H-pyrrole nitrogens is 1. The van der Waals surface area contributed by atoms with Crippen molar-refractivity contribution in [2.45, 2.75) is 50.8 Å². The standard InChI is InChI=1S/C14H22N2O4S/c1-10-12(14(17)18)15-11(2)13(10)21(19,20)16-8-6-4-3-5-7-9-16/h15H,3-9H2,1-2H3,(H,17,18). The van der Waals surface area contributed by atoms with Crippen molar-refractivity contribution in [1.82, 2.24) is 9.29 Å². The van der Waals surface area contributed by atoms with Crippen molar-refractivity contribution in [3.05, 3.63) is 17.0 Å². The normalized spacial score (nSPS) is 18.2. The molecule has 7 heteroatoms. The number of aromatic nitrogens is 1. The Kier molecular flexibility index (Phi) is 4.73. The first kappa shape index (κ1) is 16.0. The van der Waals surface area contributed by atoms with Crippen LogP contribution in [-0.4, -0.2) is 41.9 Å². The molecule has 6 nitrogen and oxygen atoms in total. The van der Waals surface area contributed by atoms with Gasteiger partial charge in [0.2, 0.25) is 10.0 Å². The maximum Gasteiger partial charge on any atom is 0.352 e. The van der Waals surface area contributed by atoms with Crippen LogP contribution < -0.4 is 0 Å². The molecule has 1 saturated heterocycles. The van der Waals surface area contributed by atoms with Crippen molar-refractivity contribution in [2.75, 3.05) is 13.1 Å². The predicted molar refractivity (Wildman–Crippen MR) is 79.1 cm³/mol. The molecule has 21 heavy (non-hydrogen) atoms. The monoisotopic (exact) mass is 314 g/mol. The van der Waals surface area contributed by atoms with Crippen LogP contribution in [0.25, 0.3) is 0 Å². The van der Waals surface area contributed by atoms with Crippen molar-refractivity contribution in [2.24, 2.45) is 0 Å². The lowest BCUT2D eigenvalue weighted by atomic mass is 10.1. The third-order valence-electron chi connectivity index (χ3n) is 4.00. The van der Waals surface area contributed by atoms with Gasteiger partial charge in [0.1, 0.15) is 10.6 Å². The number of aromatic carboxylic acids is 1. The largest absolute Gasteiger partial charge is 0.477 e. The van der Waals surface area contributed by atoms with Gasteiger partial charge >= 0.3 is 5.97 Å². The molecule has 1 aliphatic rings. The summed E-state index contributed by atoms with van der Waals surface area (Å²) in [6.07, 6.45) is 4.94. The Morgan fingerprint density at radius 2 is 1.62 bits per heavy atom. The Labute approximate surface area is 125 Å². The fourth-order valence-corrected chi connectivity index (χ4v) is 4.85. The van der Waals surface area contributed by atoms with E-state index >= 15 is 0 Å². The van der Waals surface area contributed by atoms with E-state index in [1.807, 2.05) is 0 Å². The smallest absolute Gasteiger partial charge is 0.352 e. The Balaban J connectivity index is 2.41. The molecule has 0 saturated carbocycles. The highest BCUT2D eigenvalue weighted by Crippen LogP contribution is 2.27. The number of carbonyl (C=O) groups is 1. The van der Waals surface area contributed by atoms with E-state index in [0.717, 1.165) is 32.1 Å². The molecule has 1 aromatic rings. The van der Waals surface area contributed by atoms with Gasteiger partial charge in [-0.25, -0.2) is 13.2 Å². The van der Waals surface area contributed by atoms with Crippen LogP contribution in [0.2, 0.25) is 0 Å². The number of nitrogens with zero attached hydrogens (tertiary/aromatic N) is 1. The van der Waals surface area contributed by atoms with Gasteiger partial charge in [-0.2, -0.15) is 4.31 Å². The first-order chi connectivity index (χ1) is 9.85. The fourth-order valence-electron chi connectivity index (χ4n) is 2.92. The van der Waals surface area contributed by atoms with Gasteiger partial charge < -0.3 is 10.1 Å². The topological polar surface area (TPSA) is 90.5 Å². The number of aromatic amines is 1. The van der Waals surface area contributed by atoms with Gasteiger partial charge in [-0.15, -0.1) is 0 Å². The van der Waals surface area contributed by atoms with Crippen LogP contribution in [0, 0.1) is 13.8 Å². The van der Waals surface area contributed by atoms with E-state index in [1.54, 1.807) is 13.8 Å². The van der Waals surface area contributed by atoms with Crippen molar-refractivity contribution >= 4 is 16.0 Å². The molecule has 118 valence electrons. The third kappa shape index (κ3) is 3.13. The second kappa shape index (κ2) is 6.19. The first-order valence-electron chi connectivity index (χ1n) is 7.28. The summed E-state index contributed by atoms with van der Waals surface area (Å²) in [6, 6.07) is 0. The molecule has 2 rings (SSSR count). The fraction of sp³-hybridized carbons (Fsp3) is 0.643. The molecule has 0 aromatic carbocycles. The lowest BCUT2D eigenvalue weighted by Crippen LogP contribution is -2.34. The summed E-state index contributed by atoms with van der Waals surface area (Å²) in [5.41, 5.74) is 0.645. The highest BCUT2D eigenvalue weighted by Gasteiger charge is 2.31. The van der Waals surface area contributed by atoms with E-state index in [0.29, 0.717) is 24.3 Å². The Morgan fingerprint density at radius 1 is 1.10 bits per heavy atom. The SMILES string of the molecule is Cc1[nH]c(C(=O)O)c(C)c1S(=O)(=O)N1CCCCCCC1. The highest BCUT2D eigenvalue weighted by atomic mass is 32.2. The van der Waals surface area contributed by atoms with E-state index in [2.05, 4.69) is 4.98 Å². The van der Waals surface area contributed by atoms with Crippen LogP contribution in [0.15, 0.2) is 4.90 Å². The maximum absolute atomic E-state index is 12.8. The predicted octanol–water partition coefficient (Wildman–Crippen LogP) is 2.28. The quantitative estimate of drug-likeness (QED) is 0.895. The van der Waals surface area contributed by atoms with Gasteiger partial charge in [-0.3, -0.25) is 0 Å². The van der Waals surface area contributed by atoms with Crippen LogP contribution >= 0.6 is 0 Å². The van der Waals surface area contributed by atoms with E-state index in [-0.39, 0.29) is 10.6 Å². The second-order valence-electron chi connectivity index (χ2n) is 5.56. The van der Waals surface area contributed by atoms with Crippen molar-refractivity contribution in [3.63, 3.8) is 0 Å². The van der Waals surface area contributed by atoms with E-state index < -0.39 is 16.0 Å². The Morgan fingerprint density at radius 3 is 2.10 bits per heavy atom. The zero-order valence-electron chi connectivity index (χ0n) is 12.5. The average molecular weight is 314 g/mol. The van der Waals surface area contributed by atoms with Crippen LogP contribution in [0.3, 0.4) is 0 Å². The summed E-state index contributed by atoms with van der Waals surface area (Å²) >= 11 is 0. The van der Waals surface area contributed by atoms with E-state index in [9.17, 15) is 13.2 Å². The maximum atomic E-state index is 12.8. The van der Waals surface area contributed by atoms with Gasteiger partial charge in [-0.05, 0) is 26.7 Å². The van der Waals surface area contributed by atoms with Crippen LogP contribution in [-0.2, 0) is 10.0 Å². The number of nitrogens with one attached hydrogen (secondary N) is 1. The number of aryl methyl sites for hydroxylation is 1. The number of hydrogen-bond donors (Lipinski definition) is 2. The van der Waals surface area contributed by atoms with Crippen molar-refractivity contribution in [3.8, 4) is 0 Å². The summed E-state index contributed by atoms with van der Waals surface area (Å²) in [5, 5.41) is 9.12. The zero-order chi connectivity index (χ0) is 15.6. The number of carboxylic acids is 1. The Bertz CT molecular complexity index is 626. The van der Waals surface area contributed by atoms with E-state index in [4.69, 9.17) is 5.11 Å². The number of rotatable bonds is 3. The Hall–Kier alpha value is -1.34. The van der Waals surface area contributed by atoms with Gasteiger partial charge in [0, 0.05) is 24.3 Å². The summed E-state index contributed by atoms with van der Waals surface area (Å²) < 4.78 is 27.2. The third-order valence-corrected chi connectivity index (χ3v) is 6.17. The first-order valence-corrected chi connectivity index (χ1v) is 8.72. The summed E-state index contributed by atoms with van der Waals surface area (Å²) in [5.74, 6) is -1.13. The van der Waals surface area contributed by atoms with E-state index in [1.165, 1.54) is 4.31 Å². The summed E-state index contributed by atoms with van der Waals surface area (Å²) in [4.78, 5) is 14.0. The van der Waals surface area contributed by atoms with Crippen LogP contribution in [0.5, 0.6) is 0 Å². The van der Waals surface area contributed by atoms with Gasteiger partial charge in [-0.1, -0.05) is 19.3 Å². The molecule has 0 atom stereocenters. The average Bonchev–Trinajstić information content (AvgIpc) is 2.64. The molecule has 0 aliphatic carbocycles. The molecule has 0 radical (unpaired) electrons. The zero-order valence-corrected chi connectivity index (χ0v) is 13.3. The molecule has 1 aliphatic heterocycles. The minimum Gasteiger partial charge on any atom is -0.477 e. The molecule has 0 unspecified atom stereocenters. The summed E-state index contributed by atoms with van der Waals surface area (Å²) in [7, 11) is -3.64. The van der Waals surface area contributed by atoms with Crippen LogP contribution in [0.4, 0.5) is 0 Å². The number of sulfonamides is 1. The highest BCUT2D eigenvalue weighted by molar-refractivity contribution is 7.89. The molecule has 0 amide bonds. The second-order valence-corrected chi connectivity index (χ2v) is 7.43. The van der Waals surface area contributed by atoms with Crippen LogP contribution in [0.1, 0.15) is 53.8 Å². The molecular formula is C14H22N2O4S. The lowest BCUT2D eigenvalue weighted by molar-refractivity contribution is 0.0690. The minimum absolute atomic E-state index is 0.0434. The molecule has 2 N–H and O–H groups in total. The number of hydrogen-bond acceptors (Lipinski definition) is 3. The number of carboxylic acid groups (broad SMARTS) is 1. The molecule has 0 spiro atoms. The molecule has 0 bridgehead atoms. The molecule has 1 fully saturated rings. The molecule has 2 heterocycles.